The molecule has 0 aliphatic rings. The summed E-state index contributed by atoms with van der Waals surface area (Å²) in [5.74, 6) is 0.358. The van der Waals surface area contributed by atoms with E-state index in [1.807, 2.05) is 45.1 Å². The molecule has 28 heavy (non-hydrogen) atoms. The Morgan fingerprint density at radius 3 is 2.71 bits per heavy atom. The van der Waals surface area contributed by atoms with Crippen molar-refractivity contribution in [2.45, 2.75) is 40.3 Å². The molecule has 0 bridgehead atoms. The predicted octanol–water partition coefficient (Wildman–Crippen LogP) is 2.97. The number of aromatic nitrogens is 2. The minimum Gasteiger partial charge on any atom is -0.462 e. The molecule has 2 rings (SSSR count). The predicted molar refractivity (Wildman–Crippen MR) is 116 cm³/mol. The van der Waals surface area contributed by atoms with Gasteiger partial charge in [0.15, 0.2) is 11.1 Å². The zero-order valence-electron chi connectivity index (χ0n) is 17.2. The Hall–Kier alpha value is -2.20. The Bertz CT molecular complexity index is 815. The summed E-state index contributed by atoms with van der Waals surface area (Å²) in [6.45, 7) is 9.20. The number of carbonyl (C=O) groups is 1. The van der Waals surface area contributed by atoms with Gasteiger partial charge in [-0.05, 0) is 27.7 Å². The number of hydrogen-bond acceptors (Lipinski definition) is 8. The van der Waals surface area contributed by atoms with E-state index in [0.717, 1.165) is 22.4 Å². The van der Waals surface area contributed by atoms with E-state index in [2.05, 4.69) is 25.6 Å². The molecular formula is C18H28N6O2S2. The lowest BCUT2D eigenvalue weighted by Gasteiger charge is -2.15. The number of aryl methyl sites for hydroxylation is 1. The van der Waals surface area contributed by atoms with E-state index in [1.165, 1.54) is 11.3 Å². The molecule has 10 heteroatoms. The second-order valence-electron chi connectivity index (χ2n) is 6.26. The molecule has 0 saturated carbocycles. The molecule has 0 amide bonds. The third kappa shape index (κ3) is 5.90. The van der Waals surface area contributed by atoms with Crippen LogP contribution in [0.4, 0.5) is 5.13 Å². The van der Waals surface area contributed by atoms with Gasteiger partial charge in [-0.25, -0.2) is 19.8 Å². The third-order valence-corrected chi connectivity index (χ3v) is 6.04. The molecule has 1 atom stereocenters. The fourth-order valence-corrected chi connectivity index (χ4v) is 4.02. The van der Waals surface area contributed by atoms with Crippen LogP contribution in [0, 0.1) is 6.92 Å². The number of anilines is 1. The Morgan fingerprint density at radius 1 is 1.36 bits per heavy atom. The van der Waals surface area contributed by atoms with Crippen LogP contribution in [0.1, 0.15) is 52.9 Å². The van der Waals surface area contributed by atoms with Crippen LogP contribution in [0.5, 0.6) is 0 Å². The first-order valence-corrected chi connectivity index (χ1v) is 10.9. The van der Waals surface area contributed by atoms with E-state index in [1.54, 1.807) is 18.3 Å². The van der Waals surface area contributed by atoms with Crippen LogP contribution in [0.2, 0.25) is 0 Å². The average molecular weight is 425 g/mol. The number of nitrogens with zero attached hydrogens (tertiary/aromatic N) is 4. The molecule has 1 unspecified atom stereocenters. The highest BCUT2D eigenvalue weighted by molar-refractivity contribution is 7.14. The third-order valence-electron chi connectivity index (χ3n) is 3.66. The van der Waals surface area contributed by atoms with Gasteiger partial charge < -0.3 is 20.3 Å². The first-order valence-electron chi connectivity index (χ1n) is 9.16. The van der Waals surface area contributed by atoms with Crippen molar-refractivity contribution < 1.29 is 9.53 Å². The average Bonchev–Trinajstić information content (AvgIpc) is 3.27. The smallest absolute Gasteiger partial charge is 0.350 e. The number of esters is 1. The van der Waals surface area contributed by atoms with Crippen molar-refractivity contribution >= 4 is 39.7 Å². The minimum atomic E-state index is -0.322. The number of carbonyl (C=O) groups excluding carboxylic acids is 1. The van der Waals surface area contributed by atoms with Crippen molar-refractivity contribution in [3.05, 3.63) is 26.7 Å². The second kappa shape index (κ2) is 10.4. The quantitative estimate of drug-likeness (QED) is 0.382. The van der Waals surface area contributed by atoms with Crippen LogP contribution in [0.25, 0.3) is 0 Å². The van der Waals surface area contributed by atoms with Gasteiger partial charge in [0.1, 0.15) is 9.88 Å². The fourth-order valence-electron chi connectivity index (χ4n) is 2.31. The fraction of sp³-hybridized carbons (Fsp3) is 0.556. The van der Waals surface area contributed by atoms with Crippen molar-refractivity contribution in [1.82, 2.24) is 20.6 Å². The summed E-state index contributed by atoms with van der Waals surface area (Å²) in [4.78, 5) is 28.2. The first kappa shape index (κ1) is 22.1. The van der Waals surface area contributed by atoms with Gasteiger partial charge in [-0.15, -0.1) is 22.7 Å². The number of nitrogens with one attached hydrogen (secondary N) is 2. The summed E-state index contributed by atoms with van der Waals surface area (Å²) in [5.41, 5.74) is 1.61. The molecular weight excluding hydrogens is 396 g/mol. The standard InChI is InChI=1S/C18H28N6O2S2/c1-7-19-17(20-9-13-10-27-18(23-13)24(5)6)22-12(4)15-21-11(3)14(28-15)16(25)26-8-2/h10,12H,7-9H2,1-6H3,(H2,19,20,22). The minimum absolute atomic E-state index is 0.0996. The molecule has 0 aliphatic heterocycles. The molecule has 0 radical (unpaired) electrons. The van der Waals surface area contributed by atoms with E-state index >= 15 is 0 Å². The Kier molecular flexibility index (Phi) is 8.18. The summed E-state index contributed by atoms with van der Waals surface area (Å²) in [7, 11) is 3.94. The highest BCUT2D eigenvalue weighted by atomic mass is 32.1. The van der Waals surface area contributed by atoms with Gasteiger partial charge >= 0.3 is 5.97 Å². The van der Waals surface area contributed by atoms with Gasteiger partial charge in [0.25, 0.3) is 0 Å². The lowest BCUT2D eigenvalue weighted by atomic mass is 10.3. The number of guanidine groups is 1. The second-order valence-corrected chi connectivity index (χ2v) is 8.13. The van der Waals surface area contributed by atoms with E-state index in [4.69, 9.17) is 4.74 Å². The Balaban J connectivity index is 2.08. The van der Waals surface area contributed by atoms with Gasteiger partial charge in [0, 0.05) is 26.0 Å². The first-order chi connectivity index (χ1) is 13.3. The number of aliphatic imine (C=N–C) groups is 1. The van der Waals surface area contributed by atoms with Crippen LogP contribution < -0.4 is 15.5 Å². The van der Waals surface area contributed by atoms with E-state index in [0.29, 0.717) is 29.7 Å². The van der Waals surface area contributed by atoms with Crippen molar-refractivity contribution in [2.75, 3.05) is 32.1 Å². The molecule has 2 heterocycles. The number of thiazole rings is 2. The molecule has 2 aromatic heterocycles. The van der Waals surface area contributed by atoms with E-state index < -0.39 is 0 Å². The van der Waals surface area contributed by atoms with Crippen LogP contribution in [-0.2, 0) is 11.3 Å². The maximum atomic E-state index is 12.0. The molecule has 2 N–H and O–H groups in total. The van der Waals surface area contributed by atoms with Gasteiger partial charge in [0.2, 0.25) is 0 Å². The highest BCUT2D eigenvalue weighted by Crippen LogP contribution is 2.24. The number of ether oxygens (including phenoxy) is 1. The monoisotopic (exact) mass is 424 g/mol. The lowest BCUT2D eigenvalue weighted by Crippen LogP contribution is -2.38. The van der Waals surface area contributed by atoms with Gasteiger partial charge in [-0.2, -0.15) is 0 Å². The maximum Gasteiger partial charge on any atom is 0.350 e. The number of rotatable bonds is 8. The molecule has 0 aromatic carbocycles. The number of hydrogen-bond donors (Lipinski definition) is 2. The van der Waals surface area contributed by atoms with E-state index in [-0.39, 0.29) is 12.0 Å². The van der Waals surface area contributed by atoms with E-state index in [9.17, 15) is 4.79 Å². The lowest BCUT2D eigenvalue weighted by molar-refractivity contribution is 0.0531. The molecule has 0 saturated heterocycles. The molecule has 0 fully saturated rings. The summed E-state index contributed by atoms with van der Waals surface area (Å²) in [6.07, 6.45) is 0. The molecule has 0 aliphatic carbocycles. The molecule has 8 nitrogen and oxygen atoms in total. The van der Waals surface area contributed by atoms with Gasteiger partial charge in [0.05, 0.1) is 30.6 Å². The summed E-state index contributed by atoms with van der Waals surface area (Å²) < 4.78 is 5.09. The van der Waals surface area contributed by atoms with Crippen molar-refractivity contribution in [2.24, 2.45) is 4.99 Å². The van der Waals surface area contributed by atoms with Gasteiger partial charge in [-0.3, -0.25) is 0 Å². The van der Waals surface area contributed by atoms with Crippen LogP contribution in [0.3, 0.4) is 0 Å². The van der Waals surface area contributed by atoms with Crippen molar-refractivity contribution in [3.63, 3.8) is 0 Å². The summed E-state index contributed by atoms with van der Waals surface area (Å²) >= 11 is 2.95. The van der Waals surface area contributed by atoms with Crippen molar-refractivity contribution in [1.29, 1.82) is 0 Å². The topological polar surface area (TPSA) is 91.7 Å². The summed E-state index contributed by atoms with van der Waals surface area (Å²) in [6, 6.07) is -0.0996. The molecule has 0 spiro atoms. The normalized spacial score (nSPS) is 12.6. The zero-order valence-corrected chi connectivity index (χ0v) is 18.8. The molecule has 154 valence electrons. The summed E-state index contributed by atoms with van der Waals surface area (Å²) in [5, 5.41) is 10.4. The largest absolute Gasteiger partial charge is 0.462 e. The zero-order chi connectivity index (χ0) is 20.7. The van der Waals surface area contributed by atoms with Crippen LogP contribution in [0.15, 0.2) is 10.4 Å². The van der Waals surface area contributed by atoms with Crippen LogP contribution in [-0.4, -0.2) is 49.1 Å². The van der Waals surface area contributed by atoms with Crippen LogP contribution >= 0.6 is 22.7 Å². The SMILES string of the molecule is CCNC(=NCc1csc(N(C)C)n1)NC(C)c1nc(C)c(C(=O)OCC)s1. The molecule has 2 aromatic rings. The van der Waals surface area contributed by atoms with Gasteiger partial charge in [-0.1, -0.05) is 0 Å². The Morgan fingerprint density at radius 2 is 2.11 bits per heavy atom. The Labute approximate surface area is 174 Å². The highest BCUT2D eigenvalue weighted by Gasteiger charge is 2.20. The van der Waals surface area contributed by atoms with Crippen molar-refractivity contribution in [3.8, 4) is 0 Å². The maximum absolute atomic E-state index is 12.0.